The van der Waals surface area contributed by atoms with Gasteiger partial charge in [-0.25, -0.2) is 0 Å². The van der Waals surface area contributed by atoms with Crippen molar-refractivity contribution in [3.8, 4) is 6.07 Å². The highest BCUT2D eigenvalue weighted by Crippen LogP contribution is 2.41. The first-order valence-electron chi connectivity index (χ1n) is 9.83. The van der Waals surface area contributed by atoms with E-state index in [1.54, 1.807) is 6.92 Å². The molecule has 0 unspecified atom stereocenters. The number of nitrogens with zero attached hydrogens (tertiary/aromatic N) is 2. The molecule has 8 heteroatoms. The Balaban J connectivity index is 1.95. The van der Waals surface area contributed by atoms with Crippen molar-refractivity contribution in [1.82, 2.24) is 5.32 Å². The van der Waals surface area contributed by atoms with Crippen molar-refractivity contribution in [2.24, 2.45) is 0 Å². The molecule has 7 nitrogen and oxygen atoms in total. The number of allylic oxidation sites excluding steroid dienone is 3. The fourth-order valence-corrected chi connectivity index (χ4v) is 4.68. The van der Waals surface area contributed by atoms with Gasteiger partial charge in [-0.1, -0.05) is 53.7 Å². The lowest BCUT2D eigenvalue weighted by Crippen LogP contribution is -2.27. The Morgan fingerprint density at radius 3 is 2.53 bits per heavy atom. The molecule has 1 aliphatic heterocycles. The van der Waals surface area contributed by atoms with E-state index in [0.717, 1.165) is 22.9 Å². The maximum atomic E-state index is 12.7. The van der Waals surface area contributed by atoms with E-state index >= 15 is 0 Å². The summed E-state index contributed by atoms with van der Waals surface area (Å²) in [6.07, 6.45) is 0. The number of ketones is 2. The first kappa shape index (κ1) is 23.0. The Morgan fingerprint density at radius 1 is 1.19 bits per heavy atom. The van der Waals surface area contributed by atoms with Crippen LogP contribution in [0.1, 0.15) is 41.3 Å². The number of nitrogens with one attached hydrogen (secondary N) is 1. The lowest BCUT2D eigenvalue weighted by molar-refractivity contribution is -0.384. The van der Waals surface area contributed by atoms with Crippen LogP contribution in [0, 0.1) is 28.4 Å². The van der Waals surface area contributed by atoms with Crippen LogP contribution in [-0.4, -0.2) is 22.2 Å². The minimum atomic E-state index is -0.549. The number of carbonyl (C=O) groups excluding carboxylic acids is 2. The normalized spacial score (nSPS) is 15.8. The number of rotatable bonds is 7. The zero-order valence-corrected chi connectivity index (χ0v) is 18.7. The SMILES string of the molecule is CC(=O)C1=C(C)NC(SCC(=O)c2cccc([N+](=O)[O-])c2)=C(C#N)[C@@H]1c1cccc(C)c1. The first-order chi connectivity index (χ1) is 15.2. The highest BCUT2D eigenvalue weighted by Gasteiger charge is 2.33. The molecule has 0 radical (unpaired) electrons. The Morgan fingerprint density at radius 2 is 1.91 bits per heavy atom. The van der Waals surface area contributed by atoms with E-state index < -0.39 is 10.8 Å². The molecule has 3 rings (SSSR count). The van der Waals surface area contributed by atoms with Crippen LogP contribution in [0.25, 0.3) is 0 Å². The molecule has 1 N–H and O–H groups in total. The van der Waals surface area contributed by atoms with Gasteiger partial charge >= 0.3 is 0 Å². The number of nitro benzene ring substituents is 1. The number of non-ortho nitro benzene ring substituents is 1. The van der Waals surface area contributed by atoms with E-state index in [1.165, 1.54) is 31.2 Å². The molecule has 0 fully saturated rings. The number of carbonyl (C=O) groups is 2. The number of benzene rings is 2. The summed E-state index contributed by atoms with van der Waals surface area (Å²) in [5.41, 5.74) is 3.43. The number of nitriles is 1. The molecule has 0 saturated heterocycles. The lowest BCUT2D eigenvalue weighted by atomic mass is 9.80. The molecule has 2 aromatic carbocycles. The summed E-state index contributed by atoms with van der Waals surface area (Å²) >= 11 is 1.15. The van der Waals surface area contributed by atoms with Crippen molar-refractivity contribution in [3.05, 3.63) is 97.2 Å². The van der Waals surface area contributed by atoms with E-state index in [9.17, 15) is 25.0 Å². The second kappa shape index (κ2) is 9.62. The van der Waals surface area contributed by atoms with Gasteiger partial charge in [-0.05, 0) is 26.3 Å². The van der Waals surface area contributed by atoms with E-state index in [1.807, 2.05) is 31.2 Å². The van der Waals surface area contributed by atoms with E-state index in [-0.39, 0.29) is 28.6 Å². The zero-order chi connectivity index (χ0) is 23.4. The molecule has 0 aliphatic carbocycles. The van der Waals surface area contributed by atoms with Crippen LogP contribution >= 0.6 is 11.8 Å². The quantitative estimate of drug-likeness (QED) is 0.368. The fraction of sp³-hybridized carbons (Fsp3) is 0.208. The minimum absolute atomic E-state index is 0.0160. The van der Waals surface area contributed by atoms with Crippen LogP contribution in [0.2, 0.25) is 0 Å². The molecular weight excluding hydrogens is 426 g/mol. The third-order valence-electron chi connectivity index (χ3n) is 5.13. The molecule has 1 aliphatic rings. The van der Waals surface area contributed by atoms with Gasteiger partial charge in [0, 0.05) is 29.0 Å². The molecule has 0 bridgehead atoms. The largest absolute Gasteiger partial charge is 0.353 e. The maximum Gasteiger partial charge on any atom is 0.270 e. The fourth-order valence-electron chi connectivity index (χ4n) is 3.69. The molecule has 162 valence electrons. The molecule has 0 saturated carbocycles. The van der Waals surface area contributed by atoms with Crippen molar-refractivity contribution in [2.75, 3.05) is 5.75 Å². The Bertz CT molecular complexity index is 1220. The van der Waals surface area contributed by atoms with Crippen molar-refractivity contribution in [1.29, 1.82) is 5.26 Å². The third-order valence-corrected chi connectivity index (χ3v) is 6.15. The van der Waals surface area contributed by atoms with Gasteiger partial charge in [0.2, 0.25) is 0 Å². The highest BCUT2D eigenvalue weighted by atomic mass is 32.2. The van der Waals surface area contributed by atoms with Gasteiger partial charge in [-0.2, -0.15) is 5.26 Å². The van der Waals surface area contributed by atoms with Gasteiger partial charge < -0.3 is 5.32 Å². The van der Waals surface area contributed by atoms with Crippen molar-refractivity contribution < 1.29 is 14.5 Å². The first-order valence-corrected chi connectivity index (χ1v) is 10.8. The van der Waals surface area contributed by atoms with E-state index in [0.29, 0.717) is 21.9 Å². The summed E-state index contributed by atoms with van der Waals surface area (Å²) in [5.74, 6) is -0.978. The monoisotopic (exact) mass is 447 g/mol. The topological polar surface area (TPSA) is 113 Å². The number of hydrogen-bond donors (Lipinski definition) is 1. The number of thioether (sulfide) groups is 1. The Kier molecular flexibility index (Phi) is 6.91. The number of hydrogen-bond acceptors (Lipinski definition) is 7. The average molecular weight is 448 g/mol. The van der Waals surface area contributed by atoms with Crippen LogP contribution in [0.15, 0.2) is 70.4 Å². The summed E-state index contributed by atoms with van der Waals surface area (Å²) < 4.78 is 0. The molecule has 1 heterocycles. The molecule has 2 aromatic rings. The van der Waals surface area contributed by atoms with Crippen LogP contribution in [0.3, 0.4) is 0 Å². The summed E-state index contributed by atoms with van der Waals surface area (Å²) in [6, 6.07) is 15.4. The van der Waals surface area contributed by atoms with Gasteiger partial charge in [-0.15, -0.1) is 0 Å². The van der Waals surface area contributed by atoms with Crippen molar-refractivity contribution in [3.63, 3.8) is 0 Å². The van der Waals surface area contributed by atoms with Crippen LogP contribution in [-0.2, 0) is 4.79 Å². The third kappa shape index (κ3) is 4.79. The smallest absolute Gasteiger partial charge is 0.270 e. The Labute approximate surface area is 190 Å². The van der Waals surface area contributed by atoms with Gasteiger partial charge in [0.15, 0.2) is 11.6 Å². The van der Waals surface area contributed by atoms with Gasteiger partial charge in [-0.3, -0.25) is 19.7 Å². The van der Waals surface area contributed by atoms with Gasteiger partial charge in [0.25, 0.3) is 5.69 Å². The summed E-state index contributed by atoms with van der Waals surface area (Å²) in [4.78, 5) is 35.5. The number of aryl methyl sites for hydroxylation is 1. The number of dihydropyridines is 1. The molecule has 0 spiro atoms. The van der Waals surface area contributed by atoms with Crippen molar-refractivity contribution >= 4 is 29.0 Å². The maximum absolute atomic E-state index is 12.7. The number of Topliss-reactive ketones (excluding diaryl/α,β-unsaturated/α-hetero) is 2. The lowest BCUT2D eigenvalue weighted by Gasteiger charge is -2.29. The van der Waals surface area contributed by atoms with E-state index in [4.69, 9.17) is 0 Å². The minimum Gasteiger partial charge on any atom is -0.353 e. The van der Waals surface area contributed by atoms with Crippen molar-refractivity contribution in [2.45, 2.75) is 26.7 Å². The summed E-state index contributed by atoms with van der Waals surface area (Å²) in [5, 5.41) is 24.6. The standard InChI is InChI=1S/C24H21N3O4S/c1-14-6-4-8-18(10-14)23-20(12-25)24(26-15(2)22(23)16(3)28)32-13-21(29)17-7-5-9-19(11-17)27(30)31/h4-11,23,26H,13H2,1-3H3/t23-/m0/s1. The molecule has 1 atom stereocenters. The second-order valence-electron chi connectivity index (χ2n) is 7.44. The van der Waals surface area contributed by atoms with E-state index in [2.05, 4.69) is 11.4 Å². The predicted molar refractivity (Wildman–Crippen MR) is 123 cm³/mol. The average Bonchev–Trinajstić information content (AvgIpc) is 2.76. The number of nitro groups is 1. The van der Waals surface area contributed by atoms with Crippen LogP contribution in [0.4, 0.5) is 5.69 Å². The Hall–Kier alpha value is -3.70. The summed E-state index contributed by atoms with van der Waals surface area (Å²) in [6.45, 7) is 5.19. The molecule has 0 aromatic heterocycles. The zero-order valence-electron chi connectivity index (χ0n) is 17.8. The van der Waals surface area contributed by atoms with Gasteiger partial charge in [0.1, 0.15) is 0 Å². The predicted octanol–water partition coefficient (Wildman–Crippen LogP) is 4.80. The van der Waals surface area contributed by atoms with Crippen LogP contribution in [0.5, 0.6) is 0 Å². The summed E-state index contributed by atoms with van der Waals surface area (Å²) in [7, 11) is 0. The highest BCUT2D eigenvalue weighted by molar-refractivity contribution is 8.03. The molecular formula is C24H21N3O4S. The van der Waals surface area contributed by atoms with Crippen LogP contribution < -0.4 is 5.32 Å². The van der Waals surface area contributed by atoms with Gasteiger partial charge in [0.05, 0.1) is 33.3 Å². The second-order valence-corrected chi connectivity index (χ2v) is 8.43. The molecule has 0 amide bonds. The molecule has 32 heavy (non-hydrogen) atoms.